The van der Waals surface area contributed by atoms with E-state index >= 15 is 0 Å². The normalized spacial score (nSPS) is 10.4. The molecule has 0 aliphatic rings. The Morgan fingerprint density at radius 1 is 1.52 bits per heavy atom. The predicted molar refractivity (Wildman–Crippen MR) is 75.5 cm³/mol. The van der Waals surface area contributed by atoms with Crippen molar-refractivity contribution in [2.24, 2.45) is 0 Å². The molecule has 0 bridgehead atoms. The Kier molecular flexibility index (Phi) is 4.13. The van der Waals surface area contributed by atoms with E-state index in [4.69, 9.17) is 5.26 Å². The highest BCUT2D eigenvalue weighted by atomic mass is 16.6. The third-order valence-corrected chi connectivity index (χ3v) is 2.97. The van der Waals surface area contributed by atoms with Gasteiger partial charge in [-0.15, -0.1) is 10.2 Å². The monoisotopic (exact) mass is 286 g/mol. The summed E-state index contributed by atoms with van der Waals surface area (Å²) in [6, 6.07) is 6.30. The molecule has 1 aromatic carbocycles. The molecule has 0 aliphatic carbocycles. The van der Waals surface area contributed by atoms with Gasteiger partial charge < -0.3 is 9.88 Å². The lowest BCUT2D eigenvalue weighted by Crippen LogP contribution is -2.10. The van der Waals surface area contributed by atoms with Crippen molar-refractivity contribution in [2.45, 2.75) is 26.4 Å². The standard InChI is InChI=1S/C13H14N6O2/c1-9(2)18-8-16-17-13(18)7-15-12-4-3-11(19(20)21)5-10(12)6-14/h3-5,8-9,15H,7H2,1-2H3. The molecule has 0 saturated heterocycles. The van der Waals surface area contributed by atoms with Crippen molar-refractivity contribution in [2.75, 3.05) is 5.32 Å². The second-order valence-electron chi connectivity index (χ2n) is 4.70. The number of rotatable bonds is 5. The molecule has 0 fully saturated rings. The highest BCUT2D eigenvalue weighted by molar-refractivity contribution is 5.61. The first-order valence-corrected chi connectivity index (χ1v) is 6.33. The van der Waals surface area contributed by atoms with Crippen molar-refractivity contribution in [1.82, 2.24) is 14.8 Å². The van der Waals surface area contributed by atoms with Gasteiger partial charge in [0.1, 0.15) is 12.4 Å². The number of anilines is 1. The number of nitro benzene ring substituents is 1. The molecule has 0 spiro atoms. The molecule has 8 nitrogen and oxygen atoms in total. The van der Waals surface area contributed by atoms with Gasteiger partial charge in [-0.05, 0) is 19.9 Å². The molecule has 8 heteroatoms. The fourth-order valence-electron chi connectivity index (χ4n) is 1.89. The Morgan fingerprint density at radius 3 is 2.90 bits per heavy atom. The van der Waals surface area contributed by atoms with Crippen LogP contribution in [0.5, 0.6) is 0 Å². The summed E-state index contributed by atoms with van der Waals surface area (Å²) < 4.78 is 1.91. The lowest BCUT2D eigenvalue weighted by Gasteiger charge is -2.12. The highest BCUT2D eigenvalue weighted by Crippen LogP contribution is 2.22. The van der Waals surface area contributed by atoms with Crippen LogP contribution in [0.25, 0.3) is 0 Å². The summed E-state index contributed by atoms with van der Waals surface area (Å²) in [5, 5.41) is 30.7. The second-order valence-corrected chi connectivity index (χ2v) is 4.70. The van der Waals surface area contributed by atoms with E-state index in [1.165, 1.54) is 18.2 Å². The van der Waals surface area contributed by atoms with Gasteiger partial charge in [0.25, 0.3) is 5.69 Å². The lowest BCUT2D eigenvalue weighted by molar-refractivity contribution is -0.384. The number of nitro groups is 1. The van der Waals surface area contributed by atoms with E-state index in [0.29, 0.717) is 12.2 Å². The molecule has 0 saturated carbocycles. The molecule has 1 heterocycles. The second kappa shape index (κ2) is 6.00. The number of hydrogen-bond donors (Lipinski definition) is 1. The van der Waals surface area contributed by atoms with Crippen molar-refractivity contribution in [3.8, 4) is 6.07 Å². The summed E-state index contributed by atoms with van der Waals surface area (Å²) in [5.74, 6) is 0.729. The minimum atomic E-state index is -0.528. The molecule has 0 unspecified atom stereocenters. The van der Waals surface area contributed by atoms with Crippen LogP contribution in [0, 0.1) is 21.4 Å². The van der Waals surface area contributed by atoms with Gasteiger partial charge in [-0.2, -0.15) is 5.26 Å². The van der Waals surface area contributed by atoms with Gasteiger partial charge >= 0.3 is 0 Å². The van der Waals surface area contributed by atoms with Crippen LogP contribution in [0.4, 0.5) is 11.4 Å². The minimum absolute atomic E-state index is 0.109. The molecular weight excluding hydrogens is 272 g/mol. The topological polar surface area (TPSA) is 110 Å². The first-order chi connectivity index (χ1) is 10.0. The number of nitrogens with zero attached hydrogens (tertiary/aromatic N) is 5. The maximum absolute atomic E-state index is 10.7. The zero-order valence-corrected chi connectivity index (χ0v) is 11.6. The van der Waals surface area contributed by atoms with Crippen LogP contribution in [0.3, 0.4) is 0 Å². The summed E-state index contributed by atoms with van der Waals surface area (Å²) in [5.41, 5.74) is 0.642. The fraction of sp³-hybridized carbons (Fsp3) is 0.308. The van der Waals surface area contributed by atoms with E-state index in [1.807, 2.05) is 24.5 Å². The van der Waals surface area contributed by atoms with Gasteiger partial charge in [0.2, 0.25) is 0 Å². The van der Waals surface area contributed by atoms with Gasteiger partial charge in [-0.1, -0.05) is 0 Å². The Labute approximate surface area is 121 Å². The van der Waals surface area contributed by atoms with Gasteiger partial charge in [-0.3, -0.25) is 10.1 Å². The number of non-ortho nitro benzene ring substituents is 1. The molecule has 0 aliphatic heterocycles. The third kappa shape index (κ3) is 3.14. The van der Waals surface area contributed by atoms with E-state index in [9.17, 15) is 10.1 Å². The average Bonchev–Trinajstić information content (AvgIpc) is 2.93. The van der Waals surface area contributed by atoms with E-state index < -0.39 is 4.92 Å². The maximum Gasteiger partial charge on any atom is 0.270 e. The van der Waals surface area contributed by atoms with Crippen LogP contribution in [-0.4, -0.2) is 19.7 Å². The summed E-state index contributed by atoms with van der Waals surface area (Å²) >= 11 is 0. The lowest BCUT2D eigenvalue weighted by atomic mass is 10.1. The average molecular weight is 286 g/mol. The van der Waals surface area contributed by atoms with Crippen LogP contribution in [-0.2, 0) is 6.54 Å². The van der Waals surface area contributed by atoms with Crippen molar-refractivity contribution >= 4 is 11.4 Å². The van der Waals surface area contributed by atoms with Gasteiger partial charge in [0, 0.05) is 18.2 Å². The van der Waals surface area contributed by atoms with Crippen LogP contribution in [0.1, 0.15) is 31.3 Å². The summed E-state index contributed by atoms with van der Waals surface area (Å²) in [6.45, 7) is 4.41. The molecule has 21 heavy (non-hydrogen) atoms. The van der Waals surface area contributed by atoms with Crippen LogP contribution < -0.4 is 5.32 Å². The first-order valence-electron chi connectivity index (χ1n) is 6.33. The largest absolute Gasteiger partial charge is 0.377 e. The van der Waals surface area contributed by atoms with Crippen molar-refractivity contribution in [3.05, 3.63) is 46.0 Å². The molecule has 2 aromatic rings. The number of hydrogen-bond acceptors (Lipinski definition) is 6. The minimum Gasteiger partial charge on any atom is -0.377 e. The third-order valence-electron chi connectivity index (χ3n) is 2.97. The van der Waals surface area contributed by atoms with Gasteiger partial charge in [0.05, 0.1) is 22.7 Å². The van der Waals surface area contributed by atoms with Gasteiger partial charge in [0.15, 0.2) is 5.82 Å². The molecule has 108 valence electrons. The fourth-order valence-corrected chi connectivity index (χ4v) is 1.89. The van der Waals surface area contributed by atoms with Crippen LogP contribution >= 0.6 is 0 Å². The molecule has 0 amide bonds. The highest BCUT2D eigenvalue weighted by Gasteiger charge is 2.12. The van der Waals surface area contributed by atoms with E-state index in [1.54, 1.807) is 6.33 Å². The van der Waals surface area contributed by atoms with Crippen molar-refractivity contribution in [1.29, 1.82) is 5.26 Å². The van der Waals surface area contributed by atoms with E-state index in [2.05, 4.69) is 15.5 Å². The van der Waals surface area contributed by atoms with E-state index in [0.717, 1.165) is 5.82 Å². The maximum atomic E-state index is 10.7. The molecule has 2 rings (SSSR count). The number of nitriles is 1. The summed E-state index contributed by atoms with van der Waals surface area (Å²) in [4.78, 5) is 10.2. The van der Waals surface area contributed by atoms with Crippen molar-refractivity contribution in [3.63, 3.8) is 0 Å². The molecule has 0 radical (unpaired) electrons. The summed E-state index contributed by atoms with van der Waals surface area (Å²) in [7, 11) is 0. The van der Waals surface area contributed by atoms with E-state index in [-0.39, 0.29) is 17.3 Å². The Hall–Kier alpha value is -2.95. The molecular formula is C13H14N6O2. The Morgan fingerprint density at radius 2 is 2.29 bits per heavy atom. The zero-order valence-electron chi connectivity index (χ0n) is 11.6. The van der Waals surface area contributed by atoms with Gasteiger partial charge in [-0.25, -0.2) is 0 Å². The first kappa shape index (κ1) is 14.5. The molecule has 0 atom stereocenters. The van der Waals surface area contributed by atoms with Crippen molar-refractivity contribution < 1.29 is 4.92 Å². The van der Waals surface area contributed by atoms with Crippen LogP contribution in [0.2, 0.25) is 0 Å². The zero-order chi connectivity index (χ0) is 15.4. The molecule has 1 aromatic heterocycles. The Bertz CT molecular complexity index is 701. The quantitative estimate of drug-likeness (QED) is 0.666. The molecule has 1 N–H and O–H groups in total. The Balaban J connectivity index is 2.19. The smallest absolute Gasteiger partial charge is 0.270 e. The predicted octanol–water partition coefficient (Wildman–Crippen LogP) is 2.25. The summed E-state index contributed by atoms with van der Waals surface area (Å²) in [6.07, 6.45) is 1.64. The number of benzene rings is 1. The number of nitrogens with one attached hydrogen (secondary N) is 1. The SMILES string of the molecule is CC(C)n1cnnc1CNc1ccc([N+](=O)[O-])cc1C#N. The van der Waals surface area contributed by atoms with Crippen LogP contribution in [0.15, 0.2) is 24.5 Å². The number of aromatic nitrogens is 3.